The molecule has 0 aliphatic carbocycles. The Hall–Kier alpha value is -3.41. The van der Waals surface area contributed by atoms with Gasteiger partial charge in [0.05, 0.1) is 10.4 Å². The molecule has 3 aromatic heterocycles. The molecule has 4 heterocycles. The summed E-state index contributed by atoms with van der Waals surface area (Å²) in [5.41, 5.74) is 2.44. The highest BCUT2D eigenvalue weighted by Gasteiger charge is 2.21. The van der Waals surface area contributed by atoms with Gasteiger partial charge in [-0.1, -0.05) is 17.4 Å². The summed E-state index contributed by atoms with van der Waals surface area (Å²) in [7, 11) is 0. The van der Waals surface area contributed by atoms with E-state index in [2.05, 4.69) is 40.8 Å². The molecule has 1 aromatic carbocycles. The van der Waals surface area contributed by atoms with E-state index in [9.17, 15) is 4.79 Å². The third kappa shape index (κ3) is 5.16. The van der Waals surface area contributed by atoms with E-state index >= 15 is 4.39 Å². The molecule has 12 heteroatoms. The molecule has 5 rings (SSSR count). The van der Waals surface area contributed by atoms with E-state index in [0.29, 0.717) is 39.1 Å². The number of fused-ring (bicyclic) bond motifs is 1. The van der Waals surface area contributed by atoms with Gasteiger partial charge >= 0.3 is 6.03 Å². The van der Waals surface area contributed by atoms with E-state index in [1.54, 1.807) is 24.7 Å². The van der Waals surface area contributed by atoms with Crippen LogP contribution in [0.4, 0.5) is 20.3 Å². The van der Waals surface area contributed by atoms with E-state index < -0.39 is 11.8 Å². The van der Waals surface area contributed by atoms with Crippen molar-refractivity contribution in [2.75, 3.05) is 42.9 Å². The SMILES string of the molecule is CCNC(=O)Nc1nc2c(F)c(-c3cnc(N4CCNCC4)nc3)cc(-c3ccccn3)c2s1.Cl. The number of piperazine rings is 1. The van der Waals surface area contributed by atoms with Crippen LogP contribution in [0.3, 0.4) is 0 Å². The molecule has 0 spiro atoms. The number of urea groups is 1. The molecule has 0 unspecified atom stereocenters. The van der Waals surface area contributed by atoms with Crippen molar-refractivity contribution in [3.05, 3.63) is 48.7 Å². The Morgan fingerprint density at radius 3 is 2.63 bits per heavy atom. The average molecular weight is 515 g/mol. The van der Waals surface area contributed by atoms with Crippen LogP contribution in [-0.4, -0.2) is 58.7 Å². The predicted molar refractivity (Wildman–Crippen MR) is 139 cm³/mol. The van der Waals surface area contributed by atoms with Crippen LogP contribution < -0.4 is 20.9 Å². The fraction of sp³-hybridized carbons (Fsp3) is 0.261. The van der Waals surface area contributed by atoms with Crippen molar-refractivity contribution in [2.24, 2.45) is 0 Å². The summed E-state index contributed by atoms with van der Waals surface area (Å²) in [5.74, 6) is 0.132. The van der Waals surface area contributed by atoms with Gasteiger partial charge in [0.25, 0.3) is 0 Å². The largest absolute Gasteiger partial charge is 0.338 e. The maximum Gasteiger partial charge on any atom is 0.321 e. The van der Waals surface area contributed by atoms with Gasteiger partial charge < -0.3 is 15.5 Å². The monoisotopic (exact) mass is 514 g/mol. The van der Waals surface area contributed by atoms with Crippen molar-refractivity contribution in [2.45, 2.75) is 6.92 Å². The van der Waals surface area contributed by atoms with Crippen LogP contribution in [0.15, 0.2) is 42.9 Å². The number of halogens is 2. The fourth-order valence-corrected chi connectivity index (χ4v) is 4.80. The molecule has 0 atom stereocenters. The molecular formula is C23H24ClFN8OS. The van der Waals surface area contributed by atoms with Crippen LogP contribution in [0.2, 0.25) is 0 Å². The highest BCUT2D eigenvalue weighted by atomic mass is 35.5. The van der Waals surface area contributed by atoms with Gasteiger partial charge in [-0.3, -0.25) is 10.3 Å². The Morgan fingerprint density at radius 1 is 1.17 bits per heavy atom. The highest BCUT2D eigenvalue weighted by Crippen LogP contribution is 2.40. The normalized spacial score (nSPS) is 13.4. The summed E-state index contributed by atoms with van der Waals surface area (Å²) < 4.78 is 16.3. The summed E-state index contributed by atoms with van der Waals surface area (Å²) in [6.07, 6.45) is 4.96. The first-order valence-corrected chi connectivity index (χ1v) is 11.8. The van der Waals surface area contributed by atoms with Crippen LogP contribution >= 0.6 is 23.7 Å². The molecule has 1 aliphatic rings. The van der Waals surface area contributed by atoms with Crippen molar-refractivity contribution >= 4 is 51.1 Å². The number of carbonyl (C=O) groups is 1. The molecule has 2 amide bonds. The molecular weight excluding hydrogens is 491 g/mol. The topological polar surface area (TPSA) is 108 Å². The Balaban J connectivity index is 0.00000289. The van der Waals surface area contributed by atoms with Gasteiger partial charge in [0, 0.05) is 68.0 Å². The number of carbonyl (C=O) groups excluding carboxylic acids is 1. The van der Waals surface area contributed by atoms with E-state index in [0.717, 1.165) is 31.7 Å². The minimum Gasteiger partial charge on any atom is -0.338 e. The molecule has 0 saturated carbocycles. The number of hydrogen-bond acceptors (Lipinski definition) is 8. The molecule has 0 bridgehead atoms. The number of amides is 2. The number of aromatic nitrogens is 4. The number of rotatable bonds is 5. The standard InChI is InChI=1S/C23H23FN8OS.ClH/c1-2-26-22(33)31-23-30-19-18(24)15(11-16(20(19)34-23)17-5-3-4-6-27-17)14-12-28-21(29-13-14)32-9-7-25-8-10-32;/h3-6,11-13,25H,2,7-10H2,1H3,(H2,26,30,31,33);1H. The smallest absolute Gasteiger partial charge is 0.321 e. The third-order valence-corrected chi connectivity index (χ3v) is 6.46. The first-order valence-electron chi connectivity index (χ1n) is 11.0. The molecule has 9 nitrogen and oxygen atoms in total. The zero-order valence-corrected chi connectivity index (χ0v) is 20.5. The maximum atomic E-state index is 15.7. The number of nitrogens with zero attached hydrogens (tertiary/aromatic N) is 5. The summed E-state index contributed by atoms with van der Waals surface area (Å²) in [5, 5.41) is 8.94. The first-order chi connectivity index (χ1) is 16.6. The number of nitrogens with one attached hydrogen (secondary N) is 3. The Morgan fingerprint density at radius 2 is 1.94 bits per heavy atom. The highest BCUT2D eigenvalue weighted by molar-refractivity contribution is 7.22. The molecule has 1 fully saturated rings. The lowest BCUT2D eigenvalue weighted by Crippen LogP contribution is -2.44. The second kappa shape index (κ2) is 10.9. The van der Waals surface area contributed by atoms with Gasteiger partial charge in [-0.25, -0.2) is 24.1 Å². The third-order valence-electron chi connectivity index (χ3n) is 5.45. The summed E-state index contributed by atoms with van der Waals surface area (Å²) >= 11 is 1.21. The van der Waals surface area contributed by atoms with Crippen molar-refractivity contribution in [3.8, 4) is 22.4 Å². The lowest BCUT2D eigenvalue weighted by atomic mass is 10.0. The Kier molecular flexibility index (Phi) is 7.69. The zero-order valence-electron chi connectivity index (χ0n) is 18.9. The van der Waals surface area contributed by atoms with Gasteiger partial charge in [-0.05, 0) is 25.1 Å². The molecule has 4 aromatic rings. The Labute approximate surface area is 211 Å². The van der Waals surface area contributed by atoms with Gasteiger partial charge in [0.2, 0.25) is 5.95 Å². The number of hydrogen-bond donors (Lipinski definition) is 3. The lowest BCUT2D eigenvalue weighted by Gasteiger charge is -2.27. The van der Waals surface area contributed by atoms with Crippen LogP contribution in [-0.2, 0) is 0 Å². The molecule has 0 radical (unpaired) electrons. The summed E-state index contributed by atoms with van der Waals surface area (Å²) in [6.45, 7) is 5.69. The van der Waals surface area contributed by atoms with E-state index in [1.165, 1.54) is 11.3 Å². The summed E-state index contributed by atoms with van der Waals surface area (Å²) in [4.78, 5) is 31.9. The van der Waals surface area contributed by atoms with Crippen molar-refractivity contribution in [1.29, 1.82) is 0 Å². The van der Waals surface area contributed by atoms with Crippen molar-refractivity contribution < 1.29 is 9.18 Å². The average Bonchev–Trinajstić information content (AvgIpc) is 3.30. The van der Waals surface area contributed by atoms with E-state index in [-0.39, 0.29) is 17.9 Å². The minimum atomic E-state index is -0.492. The van der Waals surface area contributed by atoms with E-state index in [4.69, 9.17) is 0 Å². The molecule has 1 aliphatic heterocycles. The number of pyridine rings is 1. The van der Waals surface area contributed by atoms with E-state index in [1.807, 2.05) is 25.1 Å². The number of benzene rings is 1. The lowest BCUT2D eigenvalue weighted by molar-refractivity contribution is 0.252. The predicted octanol–water partition coefficient (Wildman–Crippen LogP) is 3.93. The van der Waals surface area contributed by atoms with Crippen LogP contribution in [0, 0.1) is 5.82 Å². The molecule has 35 heavy (non-hydrogen) atoms. The zero-order chi connectivity index (χ0) is 23.5. The van der Waals surface area contributed by atoms with Gasteiger partial charge in [0.15, 0.2) is 10.9 Å². The van der Waals surface area contributed by atoms with Crippen molar-refractivity contribution in [3.63, 3.8) is 0 Å². The number of anilines is 2. The molecule has 3 N–H and O–H groups in total. The molecule has 182 valence electrons. The van der Waals surface area contributed by atoms with Crippen LogP contribution in [0.5, 0.6) is 0 Å². The number of thiazole rings is 1. The second-order valence-corrected chi connectivity index (χ2v) is 8.69. The Bertz CT molecular complexity index is 1310. The first kappa shape index (κ1) is 24.7. The van der Waals surface area contributed by atoms with Gasteiger partial charge in [-0.15, -0.1) is 12.4 Å². The molecule has 1 saturated heterocycles. The fourth-order valence-electron chi connectivity index (χ4n) is 3.82. The minimum absolute atomic E-state index is 0. The van der Waals surface area contributed by atoms with Crippen molar-refractivity contribution in [1.82, 2.24) is 30.6 Å². The quantitative estimate of drug-likeness (QED) is 0.370. The van der Waals surface area contributed by atoms with Gasteiger partial charge in [0.1, 0.15) is 5.52 Å². The van der Waals surface area contributed by atoms with Crippen LogP contribution in [0.1, 0.15) is 6.92 Å². The maximum absolute atomic E-state index is 15.7. The second-order valence-electron chi connectivity index (χ2n) is 7.69. The summed E-state index contributed by atoms with van der Waals surface area (Å²) in [6, 6.07) is 6.91. The van der Waals surface area contributed by atoms with Gasteiger partial charge in [-0.2, -0.15) is 0 Å². The van der Waals surface area contributed by atoms with Crippen LogP contribution in [0.25, 0.3) is 32.6 Å².